The molecule has 2 aromatic heterocycles. The molecule has 4 heterocycles. The van der Waals surface area contributed by atoms with Crippen LogP contribution < -0.4 is 24.6 Å². The number of methoxy groups -OCH3 is 2. The van der Waals surface area contributed by atoms with Gasteiger partial charge in [0.15, 0.2) is 5.82 Å². The van der Waals surface area contributed by atoms with Crippen LogP contribution in [-0.2, 0) is 6.54 Å². The Balaban J connectivity index is 1.35. The molecule has 10 nitrogen and oxygen atoms in total. The number of anilines is 5. The van der Waals surface area contributed by atoms with Gasteiger partial charge in [-0.25, -0.2) is 19.7 Å². The number of aryl methyl sites for hydroxylation is 1. The molecule has 6 rings (SSSR count). The van der Waals surface area contributed by atoms with Gasteiger partial charge in [-0.3, -0.25) is 4.90 Å². The highest BCUT2D eigenvalue weighted by Gasteiger charge is 2.36. The lowest BCUT2D eigenvalue weighted by atomic mass is 9.89. The first-order chi connectivity index (χ1) is 20.9. The fourth-order valence-corrected chi connectivity index (χ4v) is 6.08. The van der Waals surface area contributed by atoms with E-state index in [4.69, 9.17) is 26.1 Å². The largest absolute Gasteiger partial charge is 0.496 e. The van der Waals surface area contributed by atoms with Crippen LogP contribution >= 0.6 is 11.6 Å². The molecule has 0 saturated carbocycles. The van der Waals surface area contributed by atoms with E-state index in [2.05, 4.69) is 33.3 Å². The van der Waals surface area contributed by atoms with E-state index >= 15 is 0 Å². The van der Waals surface area contributed by atoms with Crippen LogP contribution in [0.5, 0.6) is 11.5 Å². The molecule has 0 atom stereocenters. The van der Waals surface area contributed by atoms with Crippen LogP contribution in [0, 0.1) is 6.92 Å². The van der Waals surface area contributed by atoms with Crippen LogP contribution in [0.15, 0.2) is 60.9 Å². The summed E-state index contributed by atoms with van der Waals surface area (Å²) in [6.45, 7) is 4.33. The average molecular weight is 600 g/mol. The van der Waals surface area contributed by atoms with Gasteiger partial charge in [-0.2, -0.15) is 4.98 Å². The number of pyridine rings is 1. The second-order valence-electron chi connectivity index (χ2n) is 10.9. The number of carbonyl (C=O) groups excluding carboxylic acids is 1. The maximum atomic E-state index is 14.1. The van der Waals surface area contributed by atoms with Crippen molar-refractivity contribution in [2.24, 2.45) is 0 Å². The van der Waals surface area contributed by atoms with Gasteiger partial charge < -0.3 is 19.7 Å². The van der Waals surface area contributed by atoms with E-state index in [9.17, 15) is 4.79 Å². The van der Waals surface area contributed by atoms with Crippen LogP contribution in [0.25, 0.3) is 0 Å². The number of halogens is 1. The number of hydrogen-bond donors (Lipinski definition) is 1. The number of benzene rings is 2. The van der Waals surface area contributed by atoms with Crippen molar-refractivity contribution in [3.05, 3.63) is 82.6 Å². The number of piperidine rings is 1. The Hall–Kier alpha value is -4.41. The summed E-state index contributed by atoms with van der Waals surface area (Å²) < 4.78 is 11.1. The normalized spacial score (nSPS) is 15.8. The molecule has 2 aliphatic heterocycles. The molecule has 2 amide bonds. The smallest absolute Gasteiger partial charge is 0.336 e. The van der Waals surface area contributed by atoms with E-state index in [-0.39, 0.29) is 12.6 Å². The number of amides is 2. The number of fused-ring (bicyclic) bond motifs is 1. The van der Waals surface area contributed by atoms with Crippen molar-refractivity contribution >= 4 is 46.6 Å². The average Bonchev–Trinajstić information content (AvgIpc) is 3.02. The molecule has 1 fully saturated rings. The first kappa shape index (κ1) is 28.7. The van der Waals surface area contributed by atoms with Gasteiger partial charge in [-0.05, 0) is 81.2 Å². The predicted octanol–water partition coefficient (Wildman–Crippen LogP) is 6.68. The van der Waals surface area contributed by atoms with E-state index in [0.29, 0.717) is 40.0 Å². The zero-order chi connectivity index (χ0) is 30.1. The van der Waals surface area contributed by atoms with Crippen LogP contribution in [0.4, 0.5) is 33.8 Å². The molecule has 1 N–H and O–H groups in total. The van der Waals surface area contributed by atoms with E-state index in [1.807, 2.05) is 31.2 Å². The summed E-state index contributed by atoms with van der Waals surface area (Å²) >= 11 is 6.60. The summed E-state index contributed by atoms with van der Waals surface area (Å²) in [5, 5.41) is 3.79. The molecule has 0 unspecified atom stereocenters. The Morgan fingerprint density at radius 1 is 1.00 bits per heavy atom. The number of nitrogens with one attached hydrogen (secondary N) is 1. The molecule has 0 radical (unpaired) electrons. The van der Waals surface area contributed by atoms with E-state index < -0.39 is 0 Å². The molecule has 0 spiro atoms. The summed E-state index contributed by atoms with van der Waals surface area (Å²) in [7, 11) is 5.43. The lowest BCUT2D eigenvalue weighted by Crippen LogP contribution is -2.46. The fraction of sp³-hybridized carbons (Fsp3) is 0.312. The molecule has 1 saturated heterocycles. The SMILES string of the molecule is COc1ccc(N2C(=O)N(c3c(C)cccc3Cl)Cc3cnc(Nc4ccc(C5CCN(C)CC5)c(OC)c4)nc32)nc1. The van der Waals surface area contributed by atoms with Crippen molar-refractivity contribution < 1.29 is 14.3 Å². The minimum Gasteiger partial charge on any atom is -0.496 e. The van der Waals surface area contributed by atoms with Crippen molar-refractivity contribution in [3.63, 3.8) is 0 Å². The standard InChI is InChI=1S/C32H34ClN7O3/c1-20-6-5-7-26(33)29(20)39-19-22-17-35-31(37-30(22)40(32(39)41)28-11-9-24(42-3)18-34-28)36-23-8-10-25(27(16-23)43-4)21-12-14-38(2)15-13-21/h5-11,16-18,21H,12-15,19H2,1-4H3,(H,35,36,37). The summed E-state index contributed by atoms with van der Waals surface area (Å²) in [6, 6.07) is 14.9. The highest BCUT2D eigenvalue weighted by Crippen LogP contribution is 2.40. The molecule has 43 heavy (non-hydrogen) atoms. The summed E-state index contributed by atoms with van der Waals surface area (Å²) in [5.74, 6) is 3.06. The number of ether oxygens (including phenoxy) is 2. The Bertz CT molecular complexity index is 1620. The maximum absolute atomic E-state index is 14.1. The van der Waals surface area contributed by atoms with Crippen molar-refractivity contribution in [2.75, 3.05) is 49.5 Å². The van der Waals surface area contributed by atoms with Crippen LogP contribution in [0.2, 0.25) is 5.02 Å². The van der Waals surface area contributed by atoms with Gasteiger partial charge in [-0.15, -0.1) is 0 Å². The molecule has 11 heteroatoms. The topological polar surface area (TPSA) is 96.0 Å². The number of aromatic nitrogens is 3. The second kappa shape index (κ2) is 12.1. The molecule has 2 aromatic carbocycles. The Morgan fingerprint density at radius 2 is 1.81 bits per heavy atom. The third kappa shape index (κ3) is 5.68. The zero-order valence-electron chi connectivity index (χ0n) is 24.7. The maximum Gasteiger partial charge on any atom is 0.336 e. The first-order valence-electron chi connectivity index (χ1n) is 14.2. The molecular formula is C32H34ClN7O3. The van der Waals surface area contributed by atoms with E-state index in [1.54, 1.807) is 49.7 Å². The summed E-state index contributed by atoms with van der Waals surface area (Å²) in [6.07, 6.45) is 5.50. The Morgan fingerprint density at radius 3 is 2.51 bits per heavy atom. The van der Waals surface area contributed by atoms with Gasteiger partial charge in [0.1, 0.15) is 17.3 Å². The predicted molar refractivity (Wildman–Crippen MR) is 168 cm³/mol. The highest BCUT2D eigenvalue weighted by atomic mass is 35.5. The Labute approximate surface area is 256 Å². The fourth-order valence-electron chi connectivity index (χ4n) is 5.76. The molecule has 0 aliphatic carbocycles. The molecule has 2 aliphatic rings. The van der Waals surface area contributed by atoms with Crippen molar-refractivity contribution in [2.45, 2.75) is 32.2 Å². The van der Waals surface area contributed by atoms with Crippen molar-refractivity contribution in [3.8, 4) is 11.5 Å². The van der Waals surface area contributed by atoms with Crippen molar-refractivity contribution in [1.29, 1.82) is 0 Å². The van der Waals surface area contributed by atoms with Crippen molar-refractivity contribution in [1.82, 2.24) is 19.9 Å². The van der Waals surface area contributed by atoms with Gasteiger partial charge >= 0.3 is 6.03 Å². The van der Waals surface area contributed by atoms with Crippen LogP contribution in [0.1, 0.15) is 35.4 Å². The quantitative estimate of drug-likeness (QED) is 0.251. The van der Waals surface area contributed by atoms with Gasteiger partial charge in [0.2, 0.25) is 5.95 Å². The summed E-state index contributed by atoms with van der Waals surface area (Å²) in [5.41, 5.74) is 4.27. The lowest BCUT2D eigenvalue weighted by Gasteiger charge is -2.36. The number of rotatable bonds is 7. The van der Waals surface area contributed by atoms with E-state index in [0.717, 1.165) is 48.5 Å². The third-order valence-corrected chi connectivity index (χ3v) is 8.40. The molecule has 4 aromatic rings. The molecule has 222 valence electrons. The zero-order valence-corrected chi connectivity index (χ0v) is 25.4. The second-order valence-corrected chi connectivity index (χ2v) is 11.3. The number of carbonyl (C=O) groups is 1. The molecular weight excluding hydrogens is 566 g/mol. The first-order valence-corrected chi connectivity index (χ1v) is 14.6. The van der Waals surface area contributed by atoms with Crippen LogP contribution in [-0.4, -0.2) is 60.2 Å². The minimum absolute atomic E-state index is 0.255. The number of nitrogens with zero attached hydrogens (tertiary/aromatic N) is 6. The highest BCUT2D eigenvalue weighted by molar-refractivity contribution is 6.34. The van der Waals surface area contributed by atoms with Gasteiger partial charge in [0, 0.05) is 23.5 Å². The van der Waals surface area contributed by atoms with Gasteiger partial charge in [-0.1, -0.05) is 29.8 Å². The van der Waals surface area contributed by atoms with Crippen LogP contribution in [0.3, 0.4) is 0 Å². The van der Waals surface area contributed by atoms with Gasteiger partial charge in [0.05, 0.1) is 37.7 Å². The van der Waals surface area contributed by atoms with Gasteiger partial charge in [0.25, 0.3) is 0 Å². The number of hydrogen-bond acceptors (Lipinski definition) is 8. The number of para-hydroxylation sites is 1. The summed E-state index contributed by atoms with van der Waals surface area (Å²) in [4.78, 5) is 33.5. The number of likely N-dealkylation sites (tertiary alicyclic amines) is 1. The minimum atomic E-state index is -0.324. The Kier molecular flexibility index (Phi) is 8.05. The molecule has 0 bridgehead atoms. The lowest BCUT2D eigenvalue weighted by molar-refractivity contribution is 0.252. The third-order valence-electron chi connectivity index (χ3n) is 8.10. The number of urea groups is 1. The van der Waals surface area contributed by atoms with E-state index in [1.165, 1.54) is 10.5 Å². The monoisotopic (exact) mass is 599 g/mol.